The van der Waals surface area contributed by atoms with Gasteiger partial charge in [0.15, 0.2) is 0 Å². The van der Waals surface area contributed by atoms with E-state index in [0.29, 0.717) is 6.61 Å². The van der Waals surface area contributed by atoms with Crippen molar-refractivity contribution < 1.29 is 5.11 Å². The van der Waals surface area contributed by atoms with Crippen LogP contribution in [0.1, 0.15) is 0 Å². The molecule has 0 saturated carbocycles. The van der Waals surface area contributed by atoms with E-state index < -0.39 is 0 Å². The first-order valence-electron chi connectivity index (χ1n) is 1.17. The number of hydrogen-bond donors (Lipinski definition) is 1. The summed E-state index contributed by atoms with van der Waals surface area (Å²) in [6.45, 7) is 0.359. The predicted octanol–water partition coefficient (Wildman–Crippen LogP) is -0.435. The Morgan fingerprint density at radius 3 is 2.00 bits per heavy atom. The summed E-state index contributed by atoms with van der Waals surface area (Å²) in [5, 5.41) is 7.90. The molecule has 1 N–H and O–H groups in total. The van der Waals surface area contributed by atoms with Crippen LogP contribution in [0.4, 0.5) is 0 Å². The van der Waals surface area contributed by atoms with E-state index in [4.69, 9.17) is 5.11 Å². The third kappa shape index (κ3) is 2.76. The van der Waals surface area contributed by atoms with Crippen molar-refractivity contribution in [1.29, 1.82) is 0 Å². The van der Waals surface area contributed by atoms with Gasteiger partial charge in [0.2, 0.25) is 0 Å². The van der Waals surface area contributed by atoms with Crippen molar-refractivity contribution in [3.8, 4) is 0 Å². The van der Waals surface area contributed by atoms with Crippen LogP contribution in [0.3, 0.4) is 0 Å². The van der Waals surface area contributed by atoms with Gasteiger partial charge in [-0.3, -0.25) is 0 Å². The van der Waals surface area contributed by atoms with Crippen LogP contribution < -0.4 is 0 Å². The Morgan fingerprint density at radius 2 is 2.00 bits per heavy atom. The molecule has 0 amide bonds. The molecule has 0 unspecified atom stereocenters. The molecule has 0 aliphatic rings. The first kappa shape index (κ1) is 4.76. The zero-order valence-corrected chi connectivity index (χ0v) is 5.22. The topological polar surface area (TPSA) is 20.2 Å². The van der Waals surface area contributed by atoms with Crippen LogP contribution in [0, 0.1) is 0 Å². The van der Waals surface area contributed by atoms with Crippen LogP contribution in [-0.2, 0) is 0 Å². The van der Waals surface area contributed by atoms with Crippen molar-refractivity contribution in [2.24, 2.45) is 0 Å². The van der Waals surface area contributed by atoms with Crippen molar-refractivity contribution in [2.45, 2.75) is 4.44 Å². The van der Waals surface area contributed by atoms with Crippen molar-refractivity contribution in [3.63, 3.8) is 0 Å². The van der Waals surface area contributed by atoms with E-state index in [-0.39, 0.29) is 0 Å². The summed E-state index contributed by atoms with van der Waals surface area (Å²) in [5.74, 6) is 0. The molecule has 1 nitrogen and oxygen atoms in total. The molecule has 4 heavy (non-hydrogen) atoms. The van der Waals surface area contributed by atoms with Gasteiger partial charge in [-0.25, -0.2) is 0 Å². The summed E-state index contributed by atoms with van der Waals surface area (Å²) < 4.78 is 0.965. The molecule has 0 aromatic heterocycles. The van der Waals surface area contributed by atoms with E-state index in [9.17, 15) is 0 Å². The molecule has 2 heteroatoms. The number of aliphatic hydroxyl groups is 1. The van der Waals surface area contributed by atoms with E-state index in [2.05, 4.69) is 0 Å². The second-order valence-electron chi connectivity index (χ2n) is 0.474. The summed E-state index contributed by atoms with van der Waals surface area (Å²) in [6, 6.07) is 0. The molecule has 0 aliphatic heterocycles. The summed E-state index contributed by atoms with van der Waals surface area (Å²) >= 11 is 1.42. The number of aliphatic hydroxyl groups excluding tert-OH is 1. The van der Waals surface area contributed by atoms with Gasteiger partial charge >= 0.3 is 38.7 Å². The molecular weight excluding hydrogens is 159 g/mol. The molecule has 0 bridgehead atoms. The zero-order chi connectivity index (χ0) is 3.41. The molecule has 0 rings (SSSR count). The van der Waals surface area contributed by atoms with Crippen LogP contribution in [0.15, 0.2) is 0 Å². The second-order valence-corrected chi connectivity index (χ2v) is 1.90. The fraction of sp³-hybridized carbons (Fsp3) is 1.00. The van der Waals surface area contributed by atoms with E-state index in [1.807, 2.05) is 0 Å². The Bertz CT molecular complexity index is 8.00. The van der Waals surface area contributed by atoms with Gasteiger partial charge in [-0.15, -0.1) is 0 Å². The van der Waals surface area contributed by atoms with E-state index in [1.54, 1.807) is 0 Å². The van der Waals surface area contributed by atoms with Gasteiger partial charge in [-0.2, -0.15) is 0 Å². The van der Waals surface area contributed by atoms with Crippen molar-refractivity contribution in [3.05, 3.63) is 0 Å². The summed E-state index contributed by atoms with van der Waals surface area (Å²) in [7, 11) is 0. The molecule has 0 atom stereocenters. The first-order chi connectivity index (χ1) is 1.91. The number of hydrogen-bond acceptors (Lipinski definition) is 1. The molecule has 0 aromatic rings. The van der Waals surface area contributed by atoms with Gasteiger partial charge in [-0.1, -0.05) is 0 Å². The molecule has 0 radical (unpaired) electrons. The van der Waals surface area contributed by atoms with Gasteiger partial charge in [-0.05, 0) is 0 Å². The molecule has 0 spiro atoms. The third-order valence-corrected chi connectivity index (χ3v) is 0.750. The SMILES string of the molecule is OC[CH2][Sn+3]. The minimum atomic E-state index is 0.359. The molecular formula is C2H5OSn+3. The molecule has 20 valence electrons. The summed E-state index contributed by atoms with van der Waals surface area (Å²) in [6.07, 6.45) is 0. The Kier molecular flexibility index (Phi) is 4.47. The number of rotatable bonds is 1. The quantitative estimate of drug-likeness (QED) is 0.521. The standard InChI is InChI=1S/C2H5O.Sn/c1-2-3;/h3H,1-2H2;/q;+3. The average Bonchev–Trinajstić information content (AvgIpc) is 1.37. The molecule has 0 aromatic carbocycles. The van der Waals surface area contributed by atoms with Crippen molar-refractivity contribution in [2.75, 3.05) is 6.61 Å². The maximum absolute atomic E-state index is 7.90. The first-order valence-corrected chi connectivity index (χ1v) is 3.19. The third-order valence-electron chi connectivity index (χ3n) is 0.112. The maximum atomic E-state index is 7.90. The van der Waals surface area contributed by atoms with Crippen LogP contribution >= 0.6 is 0 Å². The molecule has 0 saturated heterocycles. The monoisotopic (exact) mass is 165 g/mol. The zero-order valence-electron chi connectivity index (χ0n) is 2.36. The summed E-state index contributed by atoms with van der Waals surface area (Å²) in [4.78, 5) is 0. The fourth-order valence-corrected chi connectivity index (χ4v) is 0. The van der Waals surface area contributed by atoms with Gasteiger partial charge in [0.1, 0.15) is 0 Å². The Morgan fingerprint density at radius 1 is 1.75 bits per heavy atom. The van der Waals surface area contributed by atoms with Gasteiger partial charge in [0.25, 0.3) is 0 Å². The second kappa shape index (κ2) is 3.76. The van der Waals surface area contributed by atoms with Crippen LogP contribution in [0.25, 0.3) is 0 Å². The van der Waals surface area contributed by atoms with Crippen molar-refractivity contribution in [1.82, 2.24) is 0 Å². The van der Waals surface area contributed by atoms with Crippen LogP contribution in [0.5, 0.6) is 0 Å². The van der Waals surface area contributed by atoms with Crippen LogP contribution in [0.2, 0.25) is 4.44 Å². The average molecular weight is 164 g/mol. The summed E-state index contributed by atoms with van der Waals surface area (Å²) in [5.41, 5.74) is 0. The Labute approximate surface area is 39.1 Å². The minimum absolute atomic E-state index is 0.359. The molecule has 0 heterocycles. The van der Waals surface area contributed by atoms with Crippen molar-refractivity contribution >= 4 is 22.5 Å². The Hall–Kier alpha value is 0.759. The van der Waals surface area contributed by atoms with Gasteiger partial charge in [0.05, 0.1) is 0 Å². The fourth-order valence-electron chi connectivity index (χ4n) is 0. The van der Waals surface area contributed by atoms with Gasteiger partial charge < -0.3 is 0 Å². The predicted molar refractivity (Wildman–Crippen MR) is 17.6 cm³/mol. The van der Waals surface area contributed by atoms with E-state index in [0.717, 1.165) is 4.44 Å². The normalized spacial score (nSPS) is 7.75. The Balaban J connectivity index is 1.97. The molecule has 0 fully saturated rings. The molecule has 0 aliphatic carbocycles. The van der Waals surface area contributed by atoms with Crippen LogP contribution in [-0.4, -0.2) is 34.2 Å². The van der Waals surface area contributed by atoms with Gasteiger partial charge in [0, 0.05) is 0 Å². The van der Waals surface area contributed by atoms with E-state index >= 15 is 0 Å². The van der Waals surface area contributed by atoms with E-state index in [1.165, 1.54) is 22.5 Å².